The maximum absolute atomic E-state index is 12.4. The Bertz CT molecular complexity index is 797. The zero-order valence-electron chi connectivity index (χ0n) is 18.1. The maximum Gasteiger partial charge on any atom is 0.222 e. The number of hydrogen-bond donors (Lipinski definition) is 2. The summed E-state index contributed by atoms with van der Waals surface area (Å²) in [7, 11) is 0. The quantitative estimate of drug-likeness (QED) is 0.669. The zero-order chi connectivity index (χ0) is 20.8. The molecule has 1 saturated carbocycles. The number of nitrogens with zero attached hydrogens (tertiary/aromatic N) is 3. The lowest BCUT2D eigenvalue weighted by Crippen LogP contribution is -2.60. The highest BCUT2D eigenvalue weighted by Crippen LogP contribution is 2.23. The molecule has 2 heterocycles. The molecule has 0 radical (unpaired) electrons. The summed E-state index contributed by atoms with van der Waals surface area (Å²) in [6, 6.07) is 12.0. The van der Waals surface area contributed by atoms with Crippen LogP contribution in [0, 0.1) is 0 Å². The number of rotatable bonds is 9. The van der Waals surface area contributed by atoms with Gasteiger partial charge in [0.25, 0.3) is 0 Å². The fourth-order valence-electron chi connectivity index (χ4n) is 4.63. The van der Waals surface area contributed by atoms with E-state index in [1.165, 1.54) is 18.4 Å². The number of nitrogens with one attached hydrogen (secondary N) is 2. The molecule has 6 nitrogen and oxygen atoms in total. The van der Waals surface area contributed by atoms with Crippen molar-refractivity contribution in [1.82, 2.24) is 25.1 Å². The Morgan fingerprint density at radius 1 is 1.10 bits per heavy atom. The van der Waals surface area contributed by atoms with E-state index >= 15 is 0 Å². The van der Waals surface area contributed by atoms with Crippen molar-refractivity contribution in [1.29, 1.82) is 0 Å². The van der Waals surface area contributed by atoms with Crippen molar-refractivity contribution >= 4 is 5.91 Å². The van der Waals surface area contributed by atoms with Gasteiger partial charge in [-0.15, -0.1) is 0 Å². The second-order valence-corrected chi connectivity index (χ2v) is 8.70. The minimum Gasteiger partial charge on any atom is -0.352 e. The molecule has 0 unspecified atom stereocenters. The van der Waals surface area contributed by atoms with Gasteiger partial charge in [0, 0.05) is 56.5 Å². The Labute approximate surface area is 180 Å². The monoisotopic (exact) mass is 409 g/mol. The van der Waals surface area contributed by atoms with Crippen LogP contribution in [-0.4, -0.2) is 51.6 Å². The number of carbonyl (C=O) groups is 1. The Balaban J connectivity index is 1.15. The van der Waals surface area contributed by atoms with Crippen LogP contribution < -0.4 is 10.6 Å². The second kappa shape index (κ2) is 10.2. The third-order valence-corrected chi connectivity index (χ3v) is 6.60. The first-order valence-corrected chi connectivity index (χ1v) is 11.5. The Morgan fingerprint density at radius 3 is 2.57 bits per heavy atom. The molecule has 1 saturated heterocycles. The number of aryl methyl sites for hydroxylation is 2. The van der Waals surface area contributed by atoms with E-state index in [0.29, 0.717) is 25.0 Å². The third kappa shape index (κ3) is 5.49. The SMILES string of the molecule is CCc1nccn1CCC(=O)N[C@H]1CC[C@H]1NC1CCN(Cc2ccccc2)CC1. The van der Waals surface area contributed by atoms with E-state index in [9.17, 15) is 4.79 Å². The molecule has 1 aromatic heterocycles. The van der Waals surface area contributed by atoms with Gasteiger partial charge in [-0.2, -0.15) is 0 Å². The zero-order valence-corrected chi connectivity index (χ0v) is 18.1. The number of carbonyl (C=O) groups excluding carboxylic acids is 1. The highest BCUT2D eigenvalue weighted by atomic mass is 16.1. The molecule has 2 aromatic rings. The Kier molecular flexibility index (Phi) is 7.18. The summed E-state index contributed by atoms with van der Waals surface area (Å²) in [6.07, 6.45) is 9.81. The van der Waals surface area contributed by atoms with Crippen molar-refractivity contribution in [2.75, 3.05) is 13.1 Å². The molecule has 1 aromatic carbocycles. The lowest BCUT2D eigenvalue weighted by atomic mass is 9.85. The van der Waals surface area contributed by atoms with Crippen LogP contribution in [0.3, 0.4) is 0 Å². The van der Waals surface area contributed by atoms with Crippen molar-refractivity contribution in [3.05, 3.63) is 54.1 Å². The minimum absolute atomic E-state index is 0.153. The minimum atomic E-state index is 0.153. The van der Waals surface area contributed by atoms with Crippen molar-refractivity contribution < 1.29 is 4.79 Å². The van der Waals surface area contributed by atoms with Crippen molar-refractivity contribution in [3.63, 3.8) is 0 Å². The van der Waals surface area contributed by atoms with Gasteiger partial charge >= 0.3 is 0 Å². The molecule has 2 aliphatic rings. The number of imidazole rings is 1. The molecule has 1 aliphatic carbocycles. The van der Waals surface area contributed by atoms with E-state index < -0.39 is 0 Å². The topological polar surface area (TPSA) is 62.2 Å². The van der Waals surface area contributed by atoms with E-state index in [2.05, 4.69) is 62.3 Å². The number of hydrogen-bond acceptors (Lipinski definition) is 4. The fourth-order valence-corrected chi connectivity index (χ4v) is 4.63. The third-order valence-electron chi connectivity index (χ3n) is 6.60. The second-order valence-electron chi connectivity index (χ2n) is 8.70. The van der Waals surface area contributed by atoms with Gasteiger partial charge in [-0.3, -0.25) is 9.69 Å². The molecule has 30 heavy (non-hydrogen) atoms. The van der Waals surface area contributed by atoms with Crippen LogP contribution in [0.5, 0.6) is 0 Å². The van der Waals surface area contributed by atoms with Gasteiger partial charge in [0.05, 0.1) is 0 Å². The molecular formula is C24H35N5O. The summed E-state index contributed by atoms with van der Waals surface area (Å²) in [5.74, 6) is 1.20. The summed E-state index contributed by atoms with van der Waals surface area (Å²) in [6.45, 7) is 6.13. The standard InChI is InChI=1S/C24H35N5O/c1-2-23-25-13-17-29(23)16-12-24(30)27-22-9-8-21(22)26-20-10-14-28(15-11-20)18-19-6-4-3-5-7-19/h3-7,13,17,20-22,26H,2,8-12,14-16,18H2,1H3,(H,27,30)/t21-,22+/m1/s1. The van der Waals surface area contributed by atoms with Crippen LogP contribution >= 0.6 is 0 Å². The van der Waals surface area contributed by atoms with Crippen LogP contribution in [-0.2, 0) is 24.3 Å². The number of aromatic nitrogens is 2. The number of benzene rings is 1. The summed E-state index contributed by atoms with van der Waals surface area (Å²) in [4.78, 5) is 19.3. The molecule has 162 valence electrons. The lowest BCUT2D eigenvalue weighted by molar-refractivity contribution is -0.122. The van der Waals surface area contributed by atoms with Crippen molar-refractivity contribution in [3.8, 4) is 0 Å². The molecule has 2 atom stereocenters. The van der Waals surface area contributed by atoms with Gasteiger partial charge in [-0.25, -0.2) is 4.98 Å². The highest BCUT2D eigenvalue weighted by Gasteiger charge is 2.34. The molecular weight excluding hydrogens is 374 g/mol. The molecule has 1 amide bonds. The van der Waals surface area contributed by atoms with Gasteiger partial charge in [0.2, 0.25) is 5.91 Å². The van der Waals surface area contributed by atoms with Gasteiger partial charge in [0.15, 0.2) is 0 Å². The van der Waals surface area contributed by atoms with Gasteiger partial charge in [0.1, 0.15) is 5.82 Å². The maximum atomic E-state index is 12.4. The van der Waals surface area contributed by atoms with Crippen LogP contribution in [0.15, 0.2) is 42.7 Å². The molecule has 2 N–H and O–H groups in total. The number of likely N-dealkylation sites (tertiary alicyclic amines) is 1. The van der Waals surface area contributed by atoms with Crippen LogP contribution in [0.1, 0.15) is 50.4 Å². The van der Waals surface area contributed by atoms with Gasteiger partial charge < -0.3 is 15.2 Å². The molecule has 0 spiro atoms. The Morgan fingerprint density at radius 2 is 1.87 bits per heavy atom. The highest BCUT2D eigenvalue weighted by molar-refractivity contribution is 5.76. The van der Waals surface area contributed by atoms with E-state index in [1.54, 1.807) is 0 Å². The first kappa shape index (κ1) is 21.1. The van der Waals surface area contributed by atoms with Crippen LogP contribution in [0.25, 0.3) is 0 Å². The number of piperidine rings is 1. The smallest absolute Gasteiger partial charge is 0.222 e. The first-order chi connectivity index (χ1) is 14.7. The lowest BCUT2D eigenvalue weighted by Gasteiger charge is -2.42. The average molecular weight is 410 g/mol. The largest absolute Gasteiger partial charge is 0.352 e. The van der Waals surface area contributed by atoms with Crippen LogP contribution in [0.4, 0.5) is 0 Å². The molecule has 2 fully saturated rings. The Hall–Kier alpha value is -2.18. The van der Waals surface area contributed by atoms with Gasteiger partial charge in [-0.1, -0.05) is 37.3 Å². The normalized spacial score (nSPS) is 22.6. The van der Waals surface area contributed by atoms with Crippen molar-refractivity contribution in [2.45, 2.75) is 76.7 Å². The van der Waals surface area contributed by atoms with E-state index in [0.717, 1.165) is 44.7 Å². The molecule has 4 rings (SSSR count). The summed E-state index contributed by atoms with van der Waals surface area (Å²) < 4.78 is 2.08. The molecule has 1 aliphatic heterocycles. The number of amides is 1. The average Bonchev–Trinajstić information content (AvgIpc) is 3.23. The van der Waals surface area contributed by atoms with E-state index in [-0.39, 0.29) is 11.9 Å². The van der Waals surface area contributed by atoms with Crippen molar-refractivity contribution in [2.24, 2.45) is 0 Å². The summed E-state index contributed by atoms with van der Waals surface area (Å²) in [5, 5.41) is 7.08. The first-order valence-electron chi connectivity index (χ1n) is 11.5. The summed E-state index contributed by atoms with van der Waals surface area (Å²) in [5.41, 5.74) is 1.40. The van der Waals surface area contributed by atoms with E-state index in [1.807, 2.05) is 12.4 Å². The summed E-state index contributed by atoms with van der Waals surface area (Å²) >= 11 is 0. The van der Waals surface area contributed by atoms with Crippen LogP contribution in [0.2, 0.25) is 0 Å². The predicted octanol–water partition coefficient (Wildman–Crippen LogP) is 2.74. The molecule has 6 heteroatoms. The van der Waals surface area contributed by atoms with Gasteiger partial charge in [-0.05, 0) is 44.3 Å². The predicted molar refractivity (Wildman–Crippen MR) is 119 cm³/mol. The fraction of sp³-hybridized carbons (Fsp3) is 0.583. The van der Waals surface area contributed by atoms with E-state index in [4.69, 9.17) is 0 Å². The molecule has 0 bridgehead atoms.